The third-order valence-electron chi connectivity index (χ3n) is 3.87. The fraction of sp³-hybridized carbons (Fsp3) is 0.250. The monoisotopic (exact) mass is 378 g/mol. The van der Waals surface area contributed by atoms with Gasteiger partial charge >= 0.3 is 0 Å². The van der Waals surface area contributed by atoms with Gasteiger partial charge in [-0.2, -0.15) is 0 Å². The van der Waals surface area contributed by atoms with Crippen LogP contribution in [0, 0.1) is 0 Å². The second-order valence-corrected chi connectivity index (χ2v) is 7.77. The first-order valence-corrected chi connectivity index (χ1v) is 8.99. The predicted octanol–water partition coefficient (Wildman–Crippen LogP) is 0.957. The van der Waals surface area contributed by atoms with Gasteiger partial charge in [-0.15, -0.1) is 0 Å². The molecule has 3 aromatic rings. The van der Waals surface area contributed by atoms with Crippen molar-refractivity contribution in [3.63, 3.8) is 0 Å². The molecule has 0 unspecified atom stereocenters. The molecular weight excluding hydrogens is 360 g/mol. The molecule has 0 saturated carbocycles. The molecule has 1 aromatic carbocycles. The Morgan fingerprint density at radius 1 is 1.15 bits per heavy atom. The normalized spacial score (nSPS) is 11.9. The molecule has 0 bridgehead atoms. The van der Waals surface area contributed by atoms with Gasteiger partial charge in [-0.05, 0) is 6.07 Å². The van der Waals surface area contributed by atoms with E-state index in [2.05, 4.69) is 9.97 Å². The summed E-state index contributed by atoms with van der Waals surface area (Å²) in [5.74, 6) is 0.893. The summed E-state index contributed by atoms with van der Waals surface area (Å²) in [6.07, 6.45) is 3.24. The number of rotatable bonds is 5. The maximum absolute atomic E-state index is 12.6. The lowest BCUT2D eigenvalue weighted by molar-refractivity contribution is 0.385. The summed E-state index contributed by atoms with van der Waals surface area (Å²) in [5.41, 5.74) is 0.618. The van der Waals surface area contributed by atoms with Crippen molar-refractivity contribution in [1.82, 2.24) is 18.7 Å². The maximum Gasteiger partial charge on any atom is 0.252 e. The lowest BCUT2D eigenvalue weighted by Gasteiger charge is -2.17. The van der Waals surface area contributed by atoms with Crippen molar-refractivity contribution in [2.75, 3.05) is 28.3 Å². The molecular formula is C16H18N4O5S. The van der Waals surface area contributed by atoms with E-state index in [1.54, 1.807) is 16.8 Å². The number of H-pyrrole nitrogens is 1. The highest BCUT2D eigenvalue weighted by Crippen LogP contribution is 2.38. The van der Waals surface area contributed by atoms with Crippen molar-refractivity contribution in [1.29, 1.82) is 0 Å². The van der Waals surface area contributed by atoms with E-state index in [1.165, 1.54) is 46.5 Å². The lowest BCUT2D eigenvalue weighted by Crippen LogP contribution is -2.23. The van der Waals surface area contributed by atoms with Crippen LogP contribution >= 0.6 is 0 Å². The fourth-order valence-electron chi connectivity index (χ4n) is 2.50. The van der Waals surface area contributed by atoms with E-state index in [9.17, 15) is 13.2 Å². The highest BCUT2D eigenvalue weighted by atomic mass is 32.2. The highest BCUT2D eigenvalue weighted by molar-refractivity contribution is 7.89. The molecule has 9 nitrogen and oxygen atoms in total. The SMILES string of the molecule is COc1cc(OC)c(S(=O)(=O)N(C)C)cc1-c1cn2ccc(=O)[nH]c2n1. The number of nitrogens with zero attached hydrogens (tertiary/aromatic N) is 3. The van der Waals surface area contributed by atoms with Crippen molar-refractivity contribution in [2.45, 2.75) is 4.90 Å². The van der Waals surface area contributed by atoms with Gasteiger partial charge in [-0.3, -0.25) is 14.2 Å². The zero-order valence-corrected chi connectivity index (χ0v) is 15.5. The smallest absolute Gasteiger partial charge is 0.252 e. The number of ether oxygens (including phenoxy) is 2. The Balaban J connectivity index is 2.30. The van der Waals surface area contributed by atoms with E-state index >= 15 is 0 Å². The van der Waals surface area contributed by atoms with Crippen LogP contribution in [0.3, 0.4) is 0 Å². The van der Waals surface area contributed by atoms with E-state index in [0.29, 0.717) is 22.8 Å². The molecule has 0 saturated heterocycles. The summed E-state index contributed by atoms with van der Waals surface area (Å²) in [6.45, 7) is 0. The Morgan fingerprint density at radius 2 is 1.85 bits per heavy atom. The standard InChI is InChI=1S/C16H18N4O5S/c1-19(2)26(22,23)14-7-10(12(24-3)8-13(14)25-4)11-9-20-6-5-15(21)18-16(20)17-11/h5-9H,1-4H3,(H,17,18,21). The van der Waals surface area contributed by atoms with Crippen molar-refractivity contribution in [3.8, 4) is 22.8 Å². The van der Waals surface area contributed by atoms with Crippen LogP contribution in [0.5, 0.6) is 11.5 Å². The van der Waals surface area contributed by atoms with Crippen molar-refractivity contribution in [2.24, 2.45) is 0 Å². The zero-order chi connectivity index (χ0) is 19.1. The first kappa shape index (κ1) is 18.0. The number of fused-ring (bicyclic) bond motifs is 1. The van der Waals surface area contributed by atoms with Crippen LogP contribution < -0.4 is 15.0 Å². The highest BCUT2D eigenvalue weighted by Gasteiger charge is 2.26. The molecule has 0 aliphatic rings. The number of nitrogens with one attached hydrogen (secondary N) is 1. The van der Waals surface area contributed by atoms with E-state index in [4.69, 9.17) is 9.47 Å². The minimum Gasteiger partial charge on any atom is -0.496 e. The molecule has 3 rings (SSSR count). The molecule has 0 radical (unpaired) electrons. The molecule has 0 amide bonds. The average molecular weight is 378 g/mol. The van der Waals surface area contributed by atoms with Gasteiger partial charge in [0.25, 0.3) is 5.56 Å². The number of hydrogen-bond acceptors (Lipinski definition) is 6. The summed E-state index contributed by atoms with van der Waals surface area (Å²) in [5, 5.41) is 0. The molecule has 0 aliphatic heterocycles. The van der Waals surface area contributed by atoms with Gasteiger partial charge in [0, 0.05) is 44.2 Å². The third-order valence-corrected chi connectivity index (χ3v) is 5.71. The van der Waals surface area contributed by atoms with Gasteiger partial charge in [-0.1, -0.05) is 0 Å². The van der Waals surface area contributed by atoms with Crippen LogP contribution in [0.1, 0.15) is 0 Å². The van der Waals surface area contributed by atoms with Crippen LogP contribution in [-0.4, -0.2) is 55.4 Å². The molecule has 2 heterocycles. The van der Waals surface area contributed by atoms with Gasteiger partial charge in [0.1, 0.15) is 16.4 Å². The zero-order valence-electron chi connectivity index (χ0n) is 14.7. The number of sulfonamides is 1. The van der Waals surface area contributed by atoms with Crippen LogP contribution in [0.2, 0.25) is 0 Å². The van der Waals surface area contributed by atoms with Gasteiger partial charge in [0.05, 0.1) is 19.9 Å². The number of aromatic amines is 1. The fourth-order valence-corrected chi connectivity index (χ4v) is 3.55. The Kier molecular flexibility index (Phi) is 4.46. The second-order valence-electron chi connectivity index (χ2n) is 5.65. The van der Waals surface area contributed by atoms with E-state index < -0.39 is 10.0 Å². The molecule has 1 N–H and O–H groups in total. The summed E-state index contributed by atoms with van der Waals surface area (Å²) in [6, 6.07) is 4.32. The minimum atomic E-state index is -3.75. The number of hydrogen-bond donors (Lipinski definition) is 1. The molecule has 0 atom stereocenters. The average Bonchev–Trinajstić information content (AvgIpc) is 3.03. The molecule has 0 fully saturated rings. The number of benzene rings is 1. The van der Waals surface area contributed by atoms with Gasteiger partial charge in [0.15, 0.2) is 0 Å². The van der Waals surface area contributed by atoms with Crippen LogP contribution in [0.25, 0.3) is 17.0 Å². The first-order valence-electron chi connectivity index (χ1n) is 7.55. The van der Waals surface area contributed by atoms with Crippen LogP contribution in [0.4, 0.5) is 0 Å². The number of aromatic nitrogens is 3. The number of imidazole rings is 1. The molecule has 2 aromatic heterocycles. The van der Waals surface area contributed by atoms with Crippen LogP contribution in [-0.2, 0) is 10.0 Å². The Morgan fingerprint density at radius 3 is 2.46 bits per heavy atom. The molecule has 10 heteroatoms. The van der Waals surface area contributed by atoms with Gasteiger partial charge in [0.2, 0.25) is 15.8 Å². The van der Waals surface area contributed by atoms with Crippen molar-refractivity contribution >= 4 is 15.8 Å². The number of methoxy groups -OCH3 is 2. The summed E-state index contributed by atoms with van der Waals surface area (Å²) in [7, 11) is 1.98. The predicted molar refractivity (Wildman–Crippen MR) is 95.2 cm³/mol. The lowest BCUT2D eigenvalue weighted by atomic mass is 10.1. The topological polar surface area (TPSA) is 106 Å². The maximum atomic E-state index is 12.6. The van der Waals surface area contributed by atoms with E-state index in [1.807, 2.05) is 0 Å². The second kappa shape index (κ2) is 6.46. The summed E-state index contributed by atoms with van der Waals surface area (Å²) >= 11 is 0. The third kappa shape index (κ3) is 2.93. The minimum absolute atomic E-state index is 0.00801. The van der Waals surface area contributed by atoms with Gasteiger partial charge in [-0.25, -0.2) is 17.7 Å². The summed E-state index contributed by atoms with van der Waals surface area (Å²) in [4.78, 5) is 18.4. The van der Waals surface area contributed by atoms with Crippen molar-refractivity contribution < 1.29 is 17.9 Å². The van der Waals surface area contributed by atoms with E-state index in [0.717, 1.165) is 4.31 Å². The molecule has 0 aliphatic carbocycles. The molecule has 138 valence electrons. The van der Waals surface area contributed by atoms with Gasteiger partial charge < -0.3 is 9.47 Å². The molecule has 0 spiro atoms. The van der Waals surface area contributed by atoms with Crippen molar-refractivity contribution in [3.05, 3.63) is 40.9 Å². The Labute approximate surface area is 149 Å². The Bertz CT molecular complexity index is 1130. The largest absolute Gasteiger partial charge is 0.496 e. The van der Waals surface area contributed by atoms with Crippen LogP contribution in [0.15, 0.2) is 40.3 Å². The Hall–Kier alpha value is -2.85. The molecule has 26 heavy (non-hydrogen) atoms. The quantitative estimate of drug-likeness (QED) is 0.709. The summed E-state index contributed by atoms with van der Waals surface area (Å²) < 4.78 is 38.6. The van der Waals surface area contributed by atoms with E-state index in [-0.39, 0.29) is 16.2 Å². The first-order chi connectivity index (χ1) is 12.3.